The summed E-state index contributed by atoms with van der Waals surface area (Å²) < 4.78 is 55.5. The molecular formula is C27H28ClF2N3O4S. The molecule has 11 heteroatoms. The lowest BCUT2D eigenvalue weighted by atomic mass is 10.1. The van der Waals surface area contributed by atoms with Gasteiger partial charge in [-0.3, -0.25) is 13.9 Å². The molecule has 0 aliphatic heterocycles. The average molecular weight is 564 g/mol. The summed E-state index contributed by atoms with van der Waals surface area (Å²) in [4.78, 5) is 27.8. The molecular weight excluding hydrogens is 536 g/mol. The molecule has 0 aliphatic rings. The molecule has 0 bridgehead atoms. The fraction of sp³-hybridized carbons (Fsp3) is 0.259. The molecule has 0 radical (unpaired) electrons. The average Bonchev–Trinajstić information content (AvgIpc) is 2.90. The minimum absolute atomic E-state index is 0.0265. The molecule has 2 amide bonds. The zero-order valence-corrected chi connectivity index (χ0v) is 22.5. The number of hydrogen-bond donors (Lipinski definition) is 1. The summed E-state index contributed by atoms with van der Waals surface area (Å²) in [5.41, 5.74) is 0.520. The minimum atomic E-state index is -4.30. The predicted molar refractivity (Wildman–Crippen MR) is 142 cm³/mol. The number of likely N-dealkylation sites (N-methyl/N-ethyl adjacent to an activating group) is 1. The third-order valence-corrected chi connectivity index (χ3v) is 7.88. The third-order valence-electron chi connectivity index (χ3n) is 5.80. The standard InChI is InChI=1S/C27H28ClF2N3O4S/c1-3-25(27(35)31-4-2)32(17-19-10-12-20(29)13-11-19)26(34)18-33(21-14-15-24(30)23(28)16-21)38(36,37)22-8-6-5-7-9-22/h5-16,25H,3-4,17-18H2,1-2H3,(H,31,35)/t25-/m1/s1. The summed E-state index contributed by atoms with van der Waals surface area (Å²) >= 11 is 5.95. The van der Waals surface area contributed by atoms with E-state index in [0.717, 1.165) is 16.4 Å². The molecule has 1 N–H and O–H groups in total. The zero-order valence-electron chi connectivity index (χ0n) is 20.9. The van der Waals surface area contributed by atoms with Crippen LogP contribution in [0.25, 0.3) is 0 Å². The summed E-state index contributed by atoms with van der Waals surface area (Å²) in [7, 11) is -4.30. The van der Waals surface area contributed by atoms with E-state index >= 15 is 0 Å². The molecule has 202 valence electrons. The molecule has 0 spiro atoms. The summed E-state index contributed by atoms with van der Waals surface area (Å²) in [6, 6.07) is 15.3. The van der Waals surface area contributed by atoms with Crippen molar-refractivity contribution >= 4 is 39.1 Å². The highest BCUT2D eigenvalue weighted by Crippen LogP contribution is 2.28. The van der Waals surface area contributed by atoms with Gasteiger partial charge in [-0.25, -0.2) is 17.2 Å². The Labute approximate surface area is 226 Å². The lowest BCUT2D eigenvalue weighted by Crippen LogP contribution is -2.52. The van der Waals surface area contributed by atoms with Crippen molar-refractivity contribution in [3.8, 4) is 0 Å². The van der Waals surface area contributed by atoms with Gasteiger partial charge in [0.05, 0.1) is 15.6 Å². The van der Waals surface area contributed by atoms with Crippen molar-refractivity contribution < 1.29 is 26.8 Å². The molecule has 38 heavy (non-hydrogen) atoms. The third kappa shape index (κ3) is 6.87. The van der Waals surface area contributed by atoms with Crippen LogP contribution in [0.1, 0.15) is 25.8 Å². The quantitative estimate of drug-likeness (QED) is 0.364. The first-order chi connectivity index (χ1) is 18.1. The van der Waals surface area contributed by atoms with Crippen LogP contribution in [-0.2, 0) is 26.2 Å². The van der Waals surface area contributed by atoms with Crippen LogP contribution in [0, 0.1) is 11.6 Å². The van der Waals surface area contributed by atoms with E-state index in [1.54, 1.807) is 19.9 Å². The molecule has 0 heterocycles. The monoisotopic (exact) mass is 563 g/mol. The molecule has 3 aromatic rings. The molecule has 0 fully saturated rings. The van der Waals surface area contributed by atoms with Crippen molar-refractivity contribution in [2.75, 3.05) is 17.4 Å². The highest BCUT2D eigenvalue weighted by atomic mass is 35.5. The van der Waals surface area contributed by atoms with Gasteiger partial charge < -0.3 is 10.2 Å². The van der Waals surface area contributed by atoms with Gasteiger partial charge in [0.25, 0.3) is 10.0 Å². The highest BCUT2D eigenvalue weighted by Gasteiger charge is 2.33. The Kier molecular flexibility index (Phi) is 9.82. The molecule has 7 nitrogen and oxygen atoms in total. The van der Waals surface area contributed by atoms with E-state index in [2.05, 4.69) is 5.32 Å². The normalized spacial score (nSPS) is 12.0. The first kappa shape index (κ1) is 29.1. The van der Waals surface area contributed by atoms with E-state index in [0.29, 0.717) is 12.1 Å². The Balaban J connectivity index is 2.06. The summed E-state index contributed by atoms with van der Waals surface area (Å²) in [6.07, 6.45) is 0.243. The number of carbonyl (C=O) groups is 2. The number of nitrogens with one attached hydrogen (secondary N) is 1. The van der Waals surface area contributed by atoms with Crippen molar-refractivity contribution in [2.45, 2.75) is 37.8 Å². The predicted octanol–water partition coefficient (Wildman–Crippen LogP) is 4.76. The van der Waals surface area contributed by atoms with E-state index in [1.807, 2.05) is 0 Å². The SMILES string of the molecule is CCNC(=O)[C@@H](CC)N(Cc1ccc(F)cc1)C(=O)CN(c1ccc(F)c(Cl)c1)S(=O)(=O)c1ccccc1. The number of hydrogen-bond acceptors (Lipinski definition) is 4. The Morgan fingerprint density at radius 3 is 2.21 bits per heavy atom. The summed E-state index contributed by atoms with van der Waals surface area (Å²) in [5.74, 6) is -2.31. The zero-order chi connectivity index (χ0) is 27.9. The number of halogens is 3. The summed E-state index contributed by atoms with van der Waals surface area (Å²) in [5, 5.41) is 2.38. The smallest absolute Gasteiger partial charge is 0.264 e. The van der Waals surface area contributed by atoms with Crippen LogP contribution < -0.4 is 9.62 Å². The molecule has 1 atom stereocenters. The van der Waals surface area contributed by atoms with Gasteiger partial charge in [0.15, 0.2) is 0 Å². The lowest BCUT2D eigenvalue weighted by molar-refractivity contribution is -0.140. The van der Waals surface area contributed by atoms with Gasteiger partial charge in [0.2, 0.25) is 11.8 Å². The van der Waals surface area contributed by atoms with Gasteiger partial charge in [-0.1, -0.05) is 48.9 Å². The van der Waals surface area contributed by atoms with Crippen LogP contribution in [0.2, 0.25) is 5.02 Å². The first-order valence-corrected chi connectivity index (χ1v) is 13.7. The second kappa shape index (κ2) is 12.8. The van der Waals surface area contributed by atoms with Crippen LogP contribution in [0.5, 0.6) is 0 Å². The first-order valence-electron chi connectivity index (χ1n) is 11.9. The lowest BCUT2D eigenvalue weighted by Gasteiger charge is -2.33. The van der Waals surface area contributed by atoms with Gasteiger partial charge in [0, 0.05) is 13.1 Å². The number of rotatable bonds is 11. The molecule has 0 unspecified atom stereocenters. The maximum absolute atomic E-state index is 13.9. The van der Waals surface area contributed by atoms with Crippen LogP contribution >= 0.6 is 11.6 Å². The largest absolute Gasteiger partial charge is 0.355 e. The van der Waals surface area contributed by atoms with Crippen LogP contribution in [-0.4, -0.2) is 44.3 Å². The minimum Gasteiger partial charge on any atom is -0.355 e. The molecule has 0 aromatic heterocycles. The number of nitrogens with zero attached hydrogens (tertiary/aromatic N) is 2. The summed E-state index contributed by atoms with van der Waals surface area (Å²) in [6.45, 7) is 3.03. The highest BCUT2D eigenvalue weighted by molar-refractivity contribution is 7.92. The topological polar surface area (TPSA) is 86.8 Å². The van der Waals surface area contributed by atoms with Crippen molar-refractivity contribution in [1.29, 1.82) is 0 Å². The van der Waals surface area contributed by atoms with E-state index in [9.17, 15) is 26.8 Å². The Bertz CT molecular complexity index is 1370. The van der Waals surface area contributed by atoms with Gasteiger partial charge in [-0.15, -0.1) is 0 Å². The van der Waals surface area contributed by atoms with E-state index < -0.39 is 46.1 Å². The number of carbonyl (C=O) groups excluding carboxylic acids is 2. The maximum Gasteiger partial charge on any atom is 0.264 e. The van der Waals surface area contributed by atoms with Crippen molar-refractivity contribution in [3.05, 3.63) is 95.0 Å². The number of sulfonamides is 1. The van der Waals surface area contributed by atoms with E-state index in [1.165, 1.54) is 59.5 Å². The van der Waals surface area contributed by atoms with E-state index in [-0.39, 0.29) is 28.6 Å². The fourth-order valence-electron chi connectivity index (χ4n) is 3.89. The molecule has 0 saturated heterocycles. The molecule has 0 aliphatic carbocycles. The Hall–Kier alpha value is -3.50. The number of benzene rings is 3. The number of amides is 2. The van der Waals surface area contributed by atoms with Crippen molar-refractivity contribution in [1.82, 2.24) is 10.2 Å². The maximum atomic E-state index is 13.9. The van der Waals surface area contributed by atoms with Crippen LogP contribution in [0.15, 0.2) is 77.7 Å². The van der Waals surface area contributed by atoms with Crippen molar-refractivity contribution in [3.63, 3.8) is 0 Å². The second-order valence-electron chi connectivity index (χ2n) is 8.39. The van der Waals surface area contributed by atoms with Crippen LogP contribution in [0.4, 0.5) is 14.5 Å². The van der Waals surface area contributed by atoms with E-state index in [4.69, 9.17) is 11.6 Å². The van der Waals surface area contributed by atoms with Gasteiger partial charge >= 0.3 is 0 Å². The van der Waals surface area contributed by atoms with Gasteiger partial charge in [-0.05, 0) is 61.4 Å². The second-order valence-corrected chi connectivity index (χ2v) is 10.7. The van der Waals surface area contributed by atoms with Gasteiger partial charge in [0.1, 0.15) is 24.2 Å². The number of anilines is 1. The van der Waals surface area contributed by atoms with Gasteiger partial charge in [-0.2, -0.15) is 0 Å². The molecule has 3 rings (SSSR count). The van der Waals surface area contributed by atoms with Crippen molar-refractivity contribution in [2.24, 2.45) is 0 Å². The molecule has 0 saturated carbocycles. The molecule has 3 aromatic carbocycles. The Morgan fingerprint density at radius 2 is 1.63 bits per heavy atom. The van der Waals surface area contributed by atoms with Crippen LogP contribution in [0.3, 0.4) is 0 Å². The Morgan fingerprint density at radius 1 is 0.974 bits per heavy atom. The fourth-order valence-corrected chi connectivity index (χ4v) is 5.49.